The van der Waals surface area contributed by atoms with E-state index in [1.54, 1.807) is 19.3 Å². The van der Waals surface area contributed by atoms with E-state index in [4.69, 9.17) is 4.98 Å². The number of carbonyl (C=O) groups excluding carboxylic acids is 2. The molecule has 0 bridgehead atoms. The van der Waals surface area contributed by atoms with Crippen LogP contribution in [0.3, 0.4) is 0 Å². The monoisotopic (exact) mass is 414 g/mol. The molecule has 0 saturated carbocycles. The van der Waals surface area contributed by atoms with Crippen molar-refractivity contribution in [1.29, 1.82) is 0 Å². The number of hydrogen-bond donors (Lipinski definition) is 1. The summed E-state index contributed by atoms with van der Waals surface area (Å²) in [5.41, 5.74) is 4.99. The molecule has 1 aromatic carbocycles. The molecular formula is C25H26N4O2. The first-order valence-corrected chi connectivity index (χ1v) is 10.6. The van der Waals surface area contributed by atoms with Crippen LogP contribution in [0.5, 0.6) is 0 Å². The molecule has 1 aliphatic rings. The first-order chi connectivity index (χ1) is 15.0. The van der Waals surface area contributed by atoms with Crippen molar-refractivity contribution in [1.82, 2.24) is 20.2 Å². The summed E-state index contributed by atoms with van der Waals surface area (Å²) in [4.78, 5) is 35.7. The predicted molar refractivity (Wildman–Crippen MR) is 120 cm³/mol. The molecule has 2 aromatic heterocycles. The Kier molecular flexibility index (Phi) is 6.07. The van der Waals surface area contributed by atoms with Crippen molar-refractivity contribution in [2.45, 2.75) is 25.7 Å². The number of hydrogen-bond acceptors (Lipinski definition) is 4. The van der Waals surface area contributed by atoms with Crippen LogP contribution in [0.4, 0.5) is 0 Å². The van der Waals surface area contributed by atoms with E-state index >= 15 is 0 Å². The molecule has 1 N–H and O–H groups in total. The van der Waals surface area contributed by atoms with E-state index in [1.807, 2.05) is 54.3 Å². The van der Waals surface area contributed by atoms with Crippen LogP contribution in [-0.4, -0.2) is 46.8 Å². The van der Waals surface area contributed by atoms with Crippen LogP contribution in [0.2, 0.25) is 0 Å². The van der Waals surface area contributed by atoms with E-state index in [1.165, 1.54) is 0 Å². The molecule has 1 atom stereocenters. The van der Waals surface area contributed by atoms with Gasteiger partial charge in [0.2, 0.25) is 0 Å². The highest BCUT2D eigenvalue weighted by atomic mass is 16.2. The molecule has 0 spiro atoms. The summed E-state index contributed by atoms with van der Waals surface area (Å²) in [5, 5.41) is 2.58. The van der Waals surface area contributed by atoms with Gasteiger partial charge in [-0.1, -0.05) is 24.3 Å². The minimum absolute atomic E-state index is 0.0761. The molecule has 4 rings (SSSR count). The van der Waals surface area contributed by atoms with E-state index in [-0.39, 0.29) is 17.7 Å². The lowest BCUT2D eigenvalue weighted by Gasteiger charge is -2.33. The Morgan fingerprint density at radius 3 is 2.58 bits per heavy atom. The Hall–Kier alpha value is -3.54. The highest BCUT2D eigenvalue weighted by molar-refractivity contribution is 5.94. The number of pyridine rings is 2. The molecule has 2 amide bonds. The lowest BCUT2D eigenvalue weighted by Crippen LogP contribution is -2.39. The average Bonchev–Trinajstić information content (AvgIpc) is 2.83. The number of nitrogens with one attached hydrogen (secondary N) is 1. The second-order valence-corrected chi connectivity index (χ2v) is 7.89. The number of piperidine rings is 1. The zero-order valence-electron chi connectivity index (χ0n) is 17.8. The predicted octanol–water partition coefficient (Wildman–Crippen LogP) is 3.83. The van der Waals surface area contributed by atoms with Gasteiger partial charge in [0.25, 0.3) is 11.8 Å². The third kappa shape index (κ3) is 4.63. The van der Waals surface area contributed by atoms with Crippen LogP contribution in [0.15, 0.2) is 60.8 Å². The van der Waals surface area contributed by atoms with Crippen molar-refractivity contribution < 1.29 is 9.59 Å². The second kappa shape index (κ2) is 9.08. The minimum Gasteiger partial charge on any atom is -0.354 e. The number of aromatic nitrogens is 2. The van der Waals surface area contributed by atoms with Crippen molar-refractivity contribution in [3.05, 3.63) is 83.4 Å². The first kappa shape index (κ1) is 20.7. The van der Waals surface area contributed by atoms with Gasteiger partial charge in [0.1, 0.15) is 5.69 Å². The average molecular weight is 415 g/mol. The van der Waals surface area contributed by atoms with Crippen LogP contribution in [0, 0.1) is 6.92 Å². The molecule has 0 unspecified atom stereocenters. The van der Waals surface area contributed by atoms with Gasteiger partial charge >= 0.3 is 0 Å². The van der Waals surface area contributed by atoms with Gasteiger partial charge < -0.3 is 10.2 Å². The highest BCUT2D eigenvalue weighted by Crippen LogP contribution is 2.30. The van der Waals surface area contributed by atoms with E-state index in [0.717, 1.165) is 47.5 Å². The van der Waals surface area contributed by atoms with Gasteiger partial charge in [-0.15, -0.1) is 0 Å². The number of aryl methyl sites for hydroxylation is 1. The Bertz CT molecular complexity index is 1080. The van der Waals surface area contributed by atoms with E-state index in [9.17, 15) is 9.59 Å². The third-order valence-electron chi connectivity index (χ3n) is 5.68. The molecule has 1 aliphatic heterocycles. The van der Waals surface area contributed by atoms with Crippen LogP contribution in [0.25, 0.3) is 11.1 Å². The number of likely N-dealkylation sites (tertiary alicyclic amines) is 1. The molecule has 6 heteroatoms. The molecule has 3 heterocycles. The number of amides is 2. The van der Waals surface area contributed by atoms with E-state index in [0.29, 0.717) is 12.2 Å². The fraction of sp³-hybridized carbons (Fsp3) is 0.280. The summed E-state index contributed by atoms with van der Waals surface area (Å²) in [6.45, 7) is 3.42. The lowest BCUT2D eigenvalue weighted by molar-refractivity contribution is 0.0705. The summed E-state index contributed by atoms with van der Waals surface area (Å²) < 4.78 is 0. The van der Waals surface area contributed by atoms with Gasteiger partial charge in [-0.2, -0.15) is 0 Å². The number of rotatable bonds is 4. The van der Waals surface area contributed by atoms with Crippen molar-refractivity contribution in [2.75, 3.05) is 20.1 Å². The summed E-state index contributed by atoms with van der Waals surface area (Å²) in [7, 11) is 1.59. The SMILES string of the molecule is CNC(=O)c1ccc(-c2cc(C)nc([C@H]3CCCN(C(=O)c4ccccc4)C3)c2)cn1. The van der Waals surface area contributed by atoms with Gasteiger partial charge in [-0.25, -0.2) is 0 Å². The molecule has 31 heavy (non-hydrogen) atoms. The summed E-state index contributed by atoms with van der Waals surface area (Å²) >= 11 is 0. The topological polar surface area (TPSA) is 75.2 Å². The number of benzene rings is 1. The standard InChI is InChI=1S/C25H26N4O2/c1-17-13-21(19-10-11-22(27-15-19)24(30)26-2)14-23(28-17)20-9-6-12-29(16-20)25(31)18-7-4-3-5-8-18/h3-5,7-8,10-11,13-15,20H,6,9,12,16H2,1-2H3,(H,26,30)/t20-/m0/s1. The van der Waals surface area contributed by atoms with Crippen molar-refractivity contribution in [2.24, 2.45) is 0 Å². The fourth-order valence-electron chi connectivity index (χ4n) is 4.06. The quantitative estimate of drug-likeness (QED) is 0.704. The highest BCUT2D eigenvalue weighted by Gasteiger charge is 2.26. The smallest absolute Gasteiger partial charge is 0.269 e. The molecule has 1 fully saturated rings. The van der Waals surface area contributed by atoms with Crippen molar-refractivity contribution in [3.8, 4) is 11.1 Å². The van der Waals surface area contributed by atoms with Gasteiger partial charge in [0.15, 0.2) is 0 Å². The largest absolute Gasteiger partial charge is 0.354 e. The summed E-state index contributed by atoms with van der Waals surface area (Å²) in [6.07, 6.45) is 3.67. The van der Waals surface area contributed by atoms with Crippen molar-refractivity contribution >= 4 is 11.8 Å². The Morgan fingerprint density at radius 1 is 1.06 bits per heavy atom. The van der Waals surface area contributed by atoms with Crippen LogP contribution in [-0.2, 0) is 0 Å². The summed E-state index contributed by atoms with van der Waals surface area (Å²) in [6, 6.07) is 17.2. The van der Waals surface area contributed by atoms with Crippen LogP contribution < -0.4 is 5.32 Å². The maximum absolute atomic E-state index is 12.9. The zero-order valence-corrected chi connectivity index (χ0v) is 17.8. The normalized spacial score (nSPS) is 16.1. The molecule has 3 aromatic rings. The first-order valence-electron chi connectivity index (χ1n) is 10.6. The number of carbonyl (C=O) groups is 2. The second-order valence-electron chi connectivity index (χ2n) is 7.89. The Balaban J connectivity index is 1.56. The van der Waals surface area contributed by atoms with Crippen molar-refractivity contribution in [3.63, 3.8) is 0 Å². The zero-order chi connectivity index (χ0) is 21.8. The maximum atomic E-state index is 12.9. The molecule has 6 nitrogen and oxygen atoms in total. The minimum atomic E-state index is -0.205. The molecular weight excluding hydrogens is 388 g/mol. The Morgan fingerprint density at radius 2 is 1.87 bits per heavy atom. The van der Waals surface area contributed by atoms with Gasteiger partial charge in [-0.05, 0) is 55.7 Å². The maximum Gasteiger partial charge on any atom is 0.269 e. The van der Waals surface area contributed by atoms with E-state index in [2.05, 4.69) is 16.4 Å². The van der Waals surface area contributed by atoms with Crippen LogP contribution in [0.1, 0.15) is 51.0 Å². The lowest BCUT2D eigenvalue weighted by atomic mass is 9.92. The third-order valence-corrected chi connectivity index (χ3v) is 5.68. The van der Waals surface area contributed by atoms with Gasteiger partial charge in [0.05, 0.1) is 0 Å². The molecule has 0 aliphatic carbocycles. The van der Waals surface area contributed by atoms with Gasteiger partial charge in [-0.3, -0.25) is 19.6 Å². The Labute approximate surface area is 182 Å². The molecule has 1 saturated heterocycles. The van der Waals surface area contributed by atoms with E-state index < -0.39 is 0 Å². The molecule has 158 valence electrons. The van der Waals surface area contributed by atoms with Crippen LogP contribution >= 0.6 is 0 Å². The number of nitrogens with zero attached hydrogens (tertiary/aromatic N) is 3. The molecule has 0 radical (unpaired) electrons. The van der Waals surface area contributed by atoms with Gasteiger partial charge in [0, 0.05) is 54.8 Å². The fourth-order valence-corrected chi connectivity index (χ4v) is 4.06. The summed E-state index contributed by atoms with van der Waals surface area (Å²) in [5.74, 6) is 0.0638.